The molecule has 0 bridgehead atoms. The van der Waals surface area contributed by atoms with Crippen molar-refractivity contribution in [3.8, 4) is 11.5 Å². The highest BCUT2D eigenvalue weighted by Gasteiger charge is 2.32. The summed E-state index contributed by atoms with van der Waals surface area (Å²) < 4.78 is 39.4. The Labute approximate surface area is 177 Å². The molecule has 0 atom stereocenters. The normalized spacial score (nSPS) is 16.2. The Balaban J connectivity index is 1.47. The first kappa shape index (κ1) is 19.7. The molecule has 0 unspecified atom stereocenters. The lowest BCUT2D eigenvalue weighted by atomic mass is 10.2. The van der Waals surface area contributed by atoms with Crippen molar-refractivity contribution < 1.29 is 13.2 Å². The predicted octanol–water partition coefficient (Wildman–Crippen LogP) is 5.40. The smallest absolute Gasteiger partial charge is 0.370 e. The Morgan fingerprint density at radius 2 is 1.71 bits per heavy atom. The highest BCUT2D eigenvalue weighted by molar-refractivity contribution is 5.62. The molecule has 3 aromatic heterocycles. The van der Waals surface area contributed by atoms with Gasteiger partial charge in [0.1, 0.15) is 28.8 Å². The van der Waals surface area contributed by atoms with Crippen LogP contribution in [0.4, 0.5) is 30.6 Å². The Hall–Kier alpha value is -3.23. The van der Waals surface area contributed by atoms with E-state index in [1.54, 1.807) is 12.3 Å². The molecule has 3 aromatic rings. The standard InChI is InChI=1S/C22H21F3N6/c23-22(24,25)17-3-1-2-16(28-17)21-30-19(27-12-13-4-5-13)11-20(31-21)29-18-10-15(8-9-26-18)14-6-7-14/h1-3,8-11,13-14H,4-7,12H2,(H2,26,27,29,30,31). The Morgan fingerprint density at radius 1 is 0.903 bits per heavy atom. The van der Waals surface area contributed by atoms with Gasteiger partial charge in [0.05, 0.1) is 0 Å². The molecule has 0 radical (unpaired) electrons. The fourth-order valence-corrected chi connectivity index (χ4v) is 3.32. The molecule has 2 fully saturated rings. The number of hydrogen-bond donors (Lipinski definition) is 2. The molecule has 2 N–H and O–H groups in total. The number of anilines is 3. The van der Waals surface area contributed by atoms with E-state index in [1.165, 1.54) is 43.4 Å². The van der Waals surface area contributed by atoms with Crippen LogP contribution in [0, 0.1) is 5.92 Å². The molecular weight excluding hydrogens is 405 g/mol. The van der Waals surface area contributed by atoms with Crippen molar-refractivity contribution in [2.45, 2.75) is 37.8 Å². The topological polar surface area (TPSA) is 75.6 Å². The maximum atomic E-state index is 13.1. The van der Waals surface area contributed by atoms with Gasteiger partial charge in [-0.25, -0.2) is 19.9 Å². The number of hydrogen-bond acceptors (Lipinski definition) is 6. The summed E-state index contributed by atoms with van der Waals surface area (Å²) in [4.78, 5) is 16.9. The zero-order chi connectivity index (χ0) is 21.4. The van der Waals surface area contributed by atoms with Crippen LogP contribution in [0.2, 0.25) is 0 Å². The summed E-state index contributed by atoms with van der Waals surface area (Å²) in [7, 11) is 0. The van der Waals surface area contributed by atoms with Crippen molar-refractivity contribution >= 4 is 17.5 Å². The third-order valence-corrected chi connectivity index (χ3v) is 5.35. The lowest BCUT2D eigenvalue weighted by molar-refractivity contribution is -0.141. The van der Waals surface area contributed by atoms with Crippen molar-refractivity contribution in [2.24, 2.45) is 5.92 Å². The van der Waals surface area contributed by atoms with Crippen molar-refractivity contribution in [3.63, 3.8) is 0 Å². The number of halogens is 3. The average molecular weight is 426 g/mol. The van der Waals surface area contributed by atoms with Crippen LogP contribution >= 0.6 is 0 Å². The van der Waals surface area contributed by atoms with Gasteiger partial charge in [0, 0.05) is 18.8 Å². The van der Waals surface area contributed by atoms with E-state index in [1.807, 2.05) is 12.1 Å². The van der Waals surface area contributed by atoms with Gasteiger partial charge in [-0.15, -0.1) is 0 Å². The first-order chi connectivity index (χ1) is 14.9. The van der Waals surface area contributed by atoms with Gasteiger partial charge in [-0.05, 0) is 67.3 Å². The van der Waals surface area contributed by atoms with Crippen LogP contribution in [0.15, 0.2) is 42.6 Å². The number of aromatic nitrogens is 4. The first-order valence-electron chi connectivity index (χ1n) is 10.3. The van der Waals surface area contributed by atoms with Gasteiger partial charge in [0.15, 0.2) is 5.82 Å². The lowest BCUT2D eigenvalue weighted by Gasteiger charge is -2.12. The van der Waals surface area contributed by atoms with E-state index >= 15 is 0 Å². The lowest BCUT2D eigenvalue weighted by Crippen LogP contribution is -2.10. The number of pyridine rings is 2. The molecule has 0 spiro atoms. The highest BCUT2D eigenvalue weighted by Crippen LogP contribution is 2.40. The minimum Gasteiger partial charge on any atom is -0.370 e. The predicted molar refractivity (Wildman–Crippen MR) is 111 cm³/mol. The Kier molecular flexibility index (Phi) is 4.95. The third kappa shape index (κ3) is 4.92. The number of alkyl halides is 3. The monoisotopic (exact) mass is 426 g/mol. The fraction of sp³-hybridized carbons (Fsp3) is 0.364. The molecule has 3 heterocycles. The van der Waals surface area contributed by atoms with Crippen molar-refractivity contribution in [2.75, 3.05) is 17.2 Å². The molecule has 0 aliphatic heterocycles. The van der Waals surface area contributed by atoms with Gasteiger partial charge < -0.3 is 10.6 Å². The average Bonchev–Trinajstić information content (AvgIpc) is 3.66. The van der Waals surface area contributed by atoms with Crippen LogP contribution in [-0.2, 0) is 6.18 Å². The van der Waals surface area contributed by atoms with Crippen LogP contribution < -0.4 is 10.6 Å². The first-order valence-corrected chi connectivity index (χ1v) is 10.3. The number of rotatable bonds is 7. The minimum atomic E-state index is -4.54. The molecule has 2 aliphatic carbocycles. The van der Waals surface area contributed by atoms with Crippen LogP contribution in [0.25, 0.3) is 11.5 Å². The van der Waals surface area contributed by atoms with Gasteiger partial charge in [0.25, 0.3) is 0 Å². The summed E-state index contributed by atoms with van der Waals surface area (Å²) >= 11 is 0. The van der Waals surface area contributed by atoms with E-state index in [0.29, 0.717) is 29.3 Å². The van der Waals surface area contributed by atoms with E-state index in [4.69, 9.17) is 0 Å². The molecule has 0 amide bonds. The van der Waals surface area contributed by atoms with Crippen LogP contribution in [0.3, 0.4) is 0 Å². The van der Waals surface area contributed by atoms with Crippen LogP contribution in [-0.4, -0.2) is 26.5 Å². The molecule has 0 saturated heterocycles. The maximum absolute atomic E-state index is 13.1. The fourth-order valence-electron chi connectivity index (χ4n) is 3.32. The summed E-state index contributed by atoms with van der Waals surface area (Å²) in [6.07, 6.45) is 1.91. The zero-order valence-corrected chi connectivity index (χ0v) is 16.7. The maximum Gasteiger partial charge on any atom is 0.433 e. The summed E-state index contributed by atoms with van der Waals surface area (Å²) in [5.41, 5.74) is 0.310. The highest BCUT2D eigenvalue weighted by atomic mass is 19.4. The molecule has 0 aromatic carbocycles. The van der Waals surface area contributed by atoms with Gasteiger partial charge in [-0.3, -0.25) is 0 Å². The number of nitrogens with zero attached hydrogens (tertiary/aromatic N) is 4. The van der Waals surface area contributed by atoms with Gasteiger partial charge >= 0.3 is 6.18 Å². The molecule has 9 heteroatoms. The quantitative estimate of drug-likeness (QED) is 0.527. The second-order valence-corrected chi connectivity index (χ2v) is 8.07. The molecule has 31 heavy (non-hydrogen) atoms. The molecule has 5 rings (SSSR count). The van der Waals surface area contributed by atoms with E-state index in [2.05, 4.69) is 30.6 Å². The Bertz CT molecular complexity index is 1090. The zero-order valence-electron chi connectivity index (χ0n) is 16.7. The summed E-state index contributed by atoms with van der Waals surface area (Å²) in [6, 6.07) is 9.45. The van der Waals surface area contributed by atoms with Crippen LogP contribution in [0.5, 0.6) is 0 Å². The van der Waals surface area contributed by atoms with E-state index in [-0.39, 0.29) is 11.5 Å². The molecule has 6 nitrogen and oxygen atoms in total. The van der Waals surface area contributed by atoms with Gasteiger partial charge in [-0.1, -0.05) is 6.07 Å². The summed E-state index contributed by atoms with van der Waals surface area (Å²) in [5, 5.41) is 6.44. The van der Waals surface area contributed by atoms with Gasteiger partial charge in [0.2, 0.25) is 0 Å². The van der Waals surface area contributed by atoms with Crippen molar-refractivity contribution in [3.05, 3.63) is 53.9 Å². The summed E-state index contributed by atoms with van der Waals surface area (Å²) in [5.74, 6) is 2.93. The molecule has 160 valence electrons. The second-order valence-electron chi connectivity index (χ2n) is 8.07. The van der Waals surface area contributed by atoms with Gasteiger partial charge in [-0.2, -0.15) is 13.2 Å². The Morgan fingerprint density at radius 3 is 2.45 bits per heavy atom. The summed E-state index contributed by atoms with van der Waals surface area (Å²) in [6.45, 7) is 0.765. The van der Waals surface area contributed by atoms with E-state index in [0.717, 1.165) is 12.6 Å². The van der Waals surface area contributed by atoms with E-state index in [9.17, 15) is 13.2 Å². The second kappa shape index (κ2) is 7.79. The SMILES string of the molecule is FC(F)(F)c1cccc(-c2nc(NCC3CC3)cc(Nc3cc(C4CC4)ccn3)n2)n1. The molecule has 2 aliphatic rings. The number of nitrogens with one attached hydrogen (secondary N) is 2. The van der Waals surface area contributed by atoms with Crippen molar-refractivity contribution in [1.29, 1.82) is 0 Å². The molecular formula is C22H21F3N6. The minimum absolute atomic E-state index is 0.0626. The van der Waals surface area contributed by atoms with E-state index < -0.39 is 11.9 Å². The largest absolute Gasteiger partial charge is 0.433 e. The third-order valence-electron chi connectivity index (χ3n) is 5.35. The van der Waals surface area contributed by atoms with Crippen molar-refractivity contribution in [1.82, 2.24) is 19.9 Å². The van der Waals surface area contributed by atoms with Crippen LogP contribution in [0.1, 0.15) is 42.9 Å². The molecule has 2 saturated carbocycles.